The van der Waals surface area contributed by atoms with Crippen LogP contribution < -0.4 is 11.1 Å². The van der Waals surface area contributed by atoms with Crippen molar-refractivity contribution in [1.82, 2.24) is 15.3 Å². The van der Waals surface area contributed by atoms with E-state index in [1.54, 1.807) is 0 Å². The molecule has 0 aliphatic carbocycles. The molecule has 5 nitrogen and oxygen atoms in total. The Labute approximate surface area is 127 Å². The van der Waals surface area contributed by atoms with Crippen LogP contribution in [-0.2, 0) is 0 Å². The monoisotopic (exact) mass is 292 g/mol. The highest BCUT2D eigenvalue weighted by atomic mass is 16.1. The van der Waals surface area contributed by atoms with E-state index < -0.39 is 0 Å². The summed E-state index contributed by atoms with van der Waals surface area (Å²) in [6.45, 7) is 13.3. The fourth-order valence-corrected chi connectivity index (χ4v) is 2.40. The van der Waals surface area contributed by atoms with E-state index >= 15 is 0 Å². The molecular weight excluding hydrogens is 264 g/mol. The standard InChI is InChI=1S/C16H28N4O/c1-9(2)12(10(3)4)7-19-16(21)14-13(17)8-18-15(20-14)11(5)6/h8-12H,7,17H2,1-6H3,(H,19,21). The predicted molar refractivity (Wildman–Crippen MR) is 86.0 cm³/mol. The number of amides is 1. The van der Waals surface area contributed by atoms with Crippen LogP contribution in [0.5, 0.6) is 0 Å². The molecule has 0 aromatic carbocycles. The molecule has 0 fully saturated rings. The van der Waals surface area contributed by atoms with E-state index in [-0.39, 0.29) is 17.5 Å². The third kappa shape index (κ3) is 4.69. The zero-order valence-electron chi connectivity index (χ0n) is 14.0. The summed E-state index contributed by atoms with van der Waals surface area (Å²) in [7, 11) is 0. The number of carbonyl (C=O) groups excluding carboxylic acids is 1. The molecule has 0 atom stereocenters. The van der Waals surface area contributed by atoms with Gasteiger partial charge in [0.05, 0.1) is 11.9 Å². The first-order valence-electron chi connectivity index (χ1n) is 7.64. The number of carbonyl (C=O) groups is 1. The van der Waals surface area contributed by atoms with Crippen molar-refractivity contribution >= 4 is 11.6 Å². The van der Waals surface area contributed by atoms with E-state index in [4.69, 9.17) is 5.73 Å². The molecule has 3 N–H and O–H groups in total. The molecule has 1 aromatic rings. The minimum Gasteiger partial charge on any atom is -0.396 e. The molecule has 5 heteroatoms. The molecule has 1 amide bonds. The molecular formula is C16H28N4O. The highest BCUT2D eigenvalue weighted by Gasteiger charge is 2.20. The summed E-state index contributed by atoms with van der Waals surface area (Å²) in [6, 6.07) is 0. The molecule has 0 unspecified atom stereocenters. The van der Waals surface area contributed by atoms with Crippen molar-refractivity contribution in [2.75, 3.05) is 12.3 Å². The molecule has 1 heterocycles. The topological polar surface area (TPSA) is 80.9 Å². The second kappa shape index (κ2) is 7.38. The Bertz CT molecular complexity index is 475. The maximum absolute atomic E-state index is 12.3. The van der Waals surface area contributed by atoms with E-state index in [0.717, 1.165) is 0 Å². The highest BCUT2D eigenvalue weighted by molar-refractivity contribution is 5.96. The Hall–Kier alpha value is -1.65. The number of nitrogens with one attached hydrogen (secondary N) is 1. The molecule has 0 saturated carbocycles. The Balaban J connectivity index is 2.82. The Kier molecular flexibility index (Phi) is 6.12. The van der Waals surface area contributed by atoms with Crippen molar-refractivity contribution in [1.29, 1.82) is 0 Å². The van der Waals surface area contributed by atoms with E-state index in [2.05, 4.69) is 43.0 Å². The van der Waals surface area contributed by atoms with E-state index in [1.807, 2.05) is 13.8 Å². The maximum atomic E-state index is 12.3. The van der Waals surface area contributed by atoms with Gasteiger partial charge in [0.1, 0.15) is 5.82 Å². The van der Waals surface area contributed by atoms with Crippen LogP contribution in [0, 0.1) is 17.8 Å². The smallest absolute Gasteiger partial charge is 0.272 e. The van der Waals surface area contributed by atoms with Gasteiger partial charge in [-0.2, -0.15) is 0 Å². The van der Waals surface area contributed by atoms with Crippen LogP contribution in [0.1, 0.15) is 63.8 Å². The van der Waals surface area contributed by atoms with Gasteiger partial charge in [0.15, 0.2) is 5.69 Å². The van der Waals surface area contributed by atoms with Crippen molar-refractivity contribution in [2.24, 2.45) is 17.8 Å². The van der Waals surface area contributed by atoms with Crippen LogP contribution in [0.15, 0.2) is 6.20 Å². The summed E-state index contributed by atoms with van der Waals surface area (Å²) < 4.78 is 0. The Morgan fingerprint density at radius 3 is 2.24 bits per heavy atom. The lowest BCUT2D eigenvalue weighted by Gasteiger charge is -2.25. The Morgan fingerprint density at radius 2 is 1.76 bits per heavy atom. The van der Waals surface area contributed by atoms with Gasteiger partial charge in [-0.15, -0.1) is 0 Å². The number of nitrogens with zero attached hydrogens (tertiary/aromatic N) is 2. The molecule has 0 aliphatic rings. The van der Waals surface area contributed by atoms with Gasteiger partial charge in [-0.05, 0) is 17.8 Å². The lowest BCUT2D eigenvalue weighted by Crippen LogP contribution is -2.35. The normalized spacial score (nSPS) is 11.7. The summed E-state index contributed by atoms with van der Waals surface area (Å²) in [5.74, 6) is 2.04. The van der Waals surface area contributed by atoms with Gasteiger partial charge < -0.3 is 11.1 Å². The molecule has 118 valence electrons. The van der Waals surface area contributed by atoms with Gasteiger partial charge in [-0.1, -0.05) is 41.5 Å². The zero-order valence-corrected chi connectivity index (χ0v) is 14.0. The third-order valence-electron chi connectivity index (χ3n) is 3.78. The average Bonchev–Trinajstić information content (AvgIpc) is 2.37. The lowest BCUT2D eigenvalue weighted by molar-refractivity contribution is 0.0932. The van der Waals surface area contributed by atoms with Crippen LogP contribution >= 0.6 is 0 Å². The van der Waals surface area contributed by atoms with E-state index in [1.165, 1.54) is 6.20 Å². The number of hydrogen-bond acceptors (Lipinski definition) is 4. The van der Waals surface area contributed by atoms with Crippen LogP contribution in [0.4, 0.5) is 5.69 Å². The molecule has 0 bridgehead atoms. The van der Waals surface area contributed by atoms with Gasteiger partial charge in [-0.25, -0.2) is 9.97 Å². The number of rotatable bonds is 6. The molecule has 0 aliphatic heterocycles. The number of hydrogen-bond donors (Lipinski definition) is 2. The van der Waals surface area contributed by atoms with Crippen molar-refractivity contribution in [3.8, 4) is 0 Å². The van der Waals surface area contributed by atoms with E-state index in [0.29, 0.717) is 35.8 Å². The molecule has 21 heavy (non-hydrogen) atoms. The maximum Gasteiger partial charge on any atom is 0.272 e. The molecule has 1 aromatic heterocycles. The van der Waals surface area contributed by atoms with Gasteiger partial charge in [0.25, 0.3) is 5.91 Å². The van der Waals surface area contributed by atoms with Crippen molar-refractivity contribution in [3.05, 3.63) is 17.7 Å². The minimum absolute atomic E-state index is 0.163. The van der Waals surface area contributed by atoms with Crippen LogP contribution in [0.2, 0.25) is 0 Å². The summed E-state index contributed by atoms with van der Waals surface area (Å²) >= 11 is 0. The highest BCUT2D eigenvalue weighted by Crippen LogP contribution is 2.20. The first-order chi connectivity index (χ1) is 9.73. The predicted octanol–water partition coefficient (Wildman–Crippen LogP) is 2.84. The van der Waals surface area contributed by atoms with Gasteiger partial charge in [0, 0.05) is 12.5 Å². The number of nitrogen functional groups attached to an aromatic ring is 1. The fraction of sp³-hybridized carbons (Fsp3) is 0.688. The molecule has 0 spiro atoms. The van der Waals surface area contributed by atoms with Crippen LogP contribution in [-0.4, -0.2) is 22.4 Å². The largest absolute Gasteiger partial charge is 0.396 e. The van der Waals surface area contributed by atoms with Crippen LogP contribution in [0.3, 0.4) is 0 Å². The van der Waals surface area contributed by atoms with Crippen molar-refractivity contribution in [2.45, 2.75) is 47.5 Å². The quantitative estimate of drug-likeness (QED) is 0.844. The summed E-state index contributed by atoms with van der Waals surface area (Å²) in [6.07, 6.45) is 1.51. The molecule has 1 rings (SSSR count). The Morgan fingerprint density at radius 1 is 1.19 bits per heavy atom. The molecule has 0 saturated heterocycles. The fourth-order valence-electron chi connectivity index (χ4n) is 2.40. The van der Waals surface area contributed by atoms with E-state index in [9.17, 15) is 4.79 Å². The summed E-state index contributed by atoms with van der Waals surface area (Å²) in [4.78, 5) is 20.8. The molecule has 0 radical (unpaired) electrons. The van der Waals surface area contributed by atoms with Gasteiger partial charge in [0.2, 0.25) is 0 Å². The number of aromatic nitrogens is 2. The van der Waals surface area contributed by atoms with Crippen molar-refractivity contribution < 1.29 is 4.79 Å². The SMILES string of the molecule is CC(C)c1ncc(N)c(C(=O)NCC(C(C)C)C(C)C)n1. The van der Waals surface area contributed by atoms with Gasteiger partial charge in [-0.3, -0.25) is 4.79 Å². The average molecular weight is 292 g/mol. The number of nitrogens with two attached hydrogens (primary N) is 1. The first-order valence-corrected chi connectivity index (χ1v) is 7.64. The van der Waals surface area contributed by atoms with Crippen molar-refractivity contribution in [3.63, 3.8) is 0 Å². The lowest BCUT2D eigenvalue weighted by atomic mass is 9.85. The third-order valence-corrected chi connectivity index (χ3v) is 3.78. The number of anilines is 1. The second-order valence-corrected chi connectivity index (χ2v) is 6.55. The van der Waals surface area contributed by atoms with Crippen LogP contribution in [0.25, 0.3) is 0 Å². The summed E-state index contributed by atoms with van der Waals surface area (Å²) in [5, 5.41) is 2.96. The second-order valence-electron chi connectivity index (χ2n) is 6.55. The minimum atomic E-state index is -0.219. The first kappa shape index (κ1) is 17.4. The zero-order chi connectivity index (χ0) is 16.2. The summed E-state index contributed by atoms with van der Waals surface area (Å²) in [5.41, 5.74) is 6.43. The van der Waals surface area contributed by atoms with Gasteiger partial charge >= 0.3 is 0 Å².